The minimum Gasteiger partial charge on any atom is -0.489 e. The van der Waals surface area contributed by atoms with Crippen LogP contribution in [0.2, 0.25) is 0 Å². The lowest BCUT2D eigenvalue weighted by atomic mass is 10.1. The summed E-state index contributed by atoms with van der Waals surface area (Å²) in [6.07, 6.45) is -0.153. The van der Waals surface area contributed by atoms with Gasteiger partial charge < -0.3 is 24.2 Å². The number of aliphatic carboxylic acids is 1. The van der Waals surface area contributed by atoms with Gasteiger partial charge in [-0.15, -0.1) is 0 Å². The standard InChI is InChI=1S/C38H35NO6/c40-37(41)22-23-39(25-29-14-18-34(19-15-29)43-26-30-8-3-1-4-9-30)38(42)33-16-20-35(21-17-33)44-28-32-12-7-13-36(24-32)45-27-31-10-5-2-6-11-31/h1-21,24H,22-23,25-28H2,(H,40,41). The van der Waals surface area contributed by atoms with E-state index in [4.69, 9.17) is 14.2 Å². The first kappa shape index (κ1) is 30.9. The van der Waals surface area contributed by atoms with E-state index in [0.29, 0.717) is 36.9 Å². The molecule has 1 amide bonds. The van der Waals surface area contributed by atoms with Gasteiger partial charge in [0.05, 0.1) is 6.42 Å². The van der Waals surface area contributed by atoms with Crippen LogP contribution >= 0.6 is 0 Å². The van der Waals surface area contributed by atoms with E-state index in [9.17, 15) is 14.7 Å². The molecule has 0 bridgehead atoms. The Hall–Kier alpha value is -5.56. The van der Waals surface area contributed by atoms with Crippen LogP contribution < -0.4 is 14.2 Å². The average molecular weight is 602 g/mol. The Morgan fingerprint density at radius 3 is 1.62 bits per heavy atom. The van der Waals surface area contributed by atoms with Crippen molar-refractivity contribution in [3.63, 3.8) is 0 Å². The summed E-state index contributed by atoms with van der Waals surface area (Å²) in [6, 6.07) is 42.0. The molecule has 5 rings (SSSR count). The van der Waals surface area contributed by atoms with E-state index < -0.39 is 5.97 Å². The highest BCUT2D eigenvalue weighted by Gasteiger charge is 2.18. The lowest BCUT2D eigenvalue weighted by molar-refractivity contribution is -0.137. The molecule has 0 aliphatic heterocycles. The first-order valence-corrected chi connectivity index (χ1v) is 14.8. The highest BCUT2D eigenvalue weighted by Crippen LogP contribution is 2.21. The minimum atomic E-state index is -0.962. The molecule has 0 fully saturated rings. The van der Waals surface area contributed by atoms with Gasteiger partial charge in [-0.05, 0) is 70.8 Å². The van der Waals surface area contributed by atoms with Crippen molar-refractivity contribution in [2.24, 2.45) is 0 Å². The zero-order valence-corrected chi connectivity index (χ0v) is 24.9. The fraction of sp³-hybridized carbons (Fsp3) is 0.158. The van der Waals surface area contributed by atoms with Gasteiger partial charge >= 0.3 is 5.97 Å². The molecule has 0 saturated carbocycles. The van der Waals surface area contributed by atoms with Gasteiger partial charge in [0.1, 0.15) is 37.1 Å². The van der Waals surface area contributed by atoms with Crippen molar-refractivity contribution in [1.29, 1.82) is 0 Å². The zero-order valence-electron chi connectivity index (χ0n) is 24.9. The molecule has 7 heteroatoms. The Balaban J connectivity index is 1.16. The molecule has 0 aromatic heterocycles. The van der Waals surface area contributed by atoms with E-state index in [-0.39, 0.29) is 25.4 Å². The normalized spacial score (nSPS) is 10.6. The van der Waals surface area contributed by atoms with Crippen molar-refractivity contribution in [2.45, 2.75) is 32.8 Å². The lowest BCUT2D eigenvalue weighted by Crippen LogP contribution is -2.32. The van der Waals surface area contributed by atoms with Crippen molar-refractivity contribution < 1.29 is 28.9 Å². The first-order valence-electron chi connectivity index (χ1n) is 14.8. The number of carbonyl (C=O) groups is 2. The average Bonchev–Trinajstić information content (AvgIpc) is 3.09. The Kier molecular flexibility index (Phi) is 10.8. The van der Waals surface area contributed by atoms with Crippen molar-refractivity contribution in [2.75, 3.05) is 6.54 Å². The quantitative estimate of drug-likeness (QED) is 0.133. The summed E-state index contributed by atoms with van der Waals surface area (Å²) in [5.41, 5.74) is 4.44. The van der Waals surface area contributed by atoms with E-state index in [1.807, 2.05) is 109 Å². The van der Waals surface area contributed by atoms with Crippen LogP contribution in [0.25, 0.3) is 0 Å². The maximum absolute atomic E-state index is 13.4. The fourth-order valence-corrected chi connectivity index (χ4v) is 4.64. The van der Waals surface area contributed by atoms with Gasteiger partial charge in [-0.25, -0.2) is 0 Å². The summed E-state index contributed by atoms with van der Waals surface area (Å²) in [7, 11) is 0. The van der Waals surface area contributed by atoms with Gasteiger partial charge in [0.25, 0.3) is 5.91 Å². The minimum absolute atomic E-state index is 0.0847. The number of nitrogens with zero attached hydrogens (tertiary/aromatic N) is 1. The van der Waals surface area contributed by atoms with Crippen LogP contribution in [-0.4, -0.2) is 28.4 Å². The fourth-order valence-electron chi connectivity index (χ4n) is 4.64. The molecule has 0 unspecified atom stereocenters. The van der Waals surface area contributed by atoms with Crippen molar-refractivity contribution in [1.82, 2.24) is 4.90 Å². The maximum atomic E-state index is 13.4. The van der Waals surface area contributed by atoms with Crippen LogP contribution in [0.3, 0.4) is 0 Å². The molecule has 45 heavy (non-hydrogen) atoms. The van der Waals surface area contributed by atoms with Gasteiger partial charge in [-0.3, -0.25) is 9.59 Å². The number of amides is 1. The highest BCUT2D eigenvalue weighted by atomic mass is 16.5. The van der Waals surface area contributed by atoms with Crippen LogP contribution in [0, 0.1) is 0 Å². The predicted octanol–water partition coefficient (Wildman–Crippen LogP) is 7.54. The number of ether oxygens (including phenoxy) is 3. The van der Waals surface area contributed by atoms with E-state index in [1.165, 1.54) is 0 Å². The highest BCUT2D eigenvalue weighted by molar-refractivity contribution is 5.94. The summed E-state index contributed by atoms with van der Waals surface area (Å²) in [4.78, 5) is 26.3. The summed E-state index contributed by atoms with van der Waals surface area (Å²) < 4.78 is 17.8. The van der Waals surface area contributed by atoms with Crippen LogP contribution in [-0.2, 0) is 31.2 Å². The molecule has 0 radical (unpaired) electrons. The van der Waals surface area contributed by atoms with E-state index >= 15 is 0 Å². The Labute approximate surface area is 263 Å². The Morgan fingerprint density at radius 2 is 1.04 bits per heavy atom. The van der Waals surface area contributed by atoms with Crippen LogP contribution in [0.15, 0.2) is 133 Å². The zero-order chi connectivity index (χ0) is 31.3. The second kappa shape index (κ2) is 15.8. The van der Waals surface area contributed by atoms with E-state index in [0.717, 1.165) is 28.0 Å². The molecule has 5 aromatic rings. The van der Waals surface area contributed by atoms with Crippen molar-refractivity contribution in [3.05, 3.63) is 161 Å². The largest absolute Gasteiger partial charge is 0.489 e. The maximum Gasteiger partial charge on any atom is 0.305 e. The first-order chi connectivity index (χ1) is 22.0. The number of rotatable bonds is 15. The van der Waals surface area contributed by atoms with Crippen molar-refractivity contribution in [3.8, 4) is 17.2 Å². The molecular weight excluding hydrogens is 566 g/mol. The molecule has 1 N–H and O–H groups in total. The number of hydrogen-bond acceptors (Lipinski definition) is 5. The van der Waals surface area contributed by atoms with Gasteiger partial charge in [0.15, 0.2) is 0 Å². The second-order valence-electron chi connectivity index (χ2n) is 10.5. The number of carboxylic acids is 1. The Bertz CT molecular complexity index is 1660. The topological polar surface area (TPSA) is 85.3 Å². The summed E-state index contributed by atoms with van der Waals surface area (Å²) >= 11 is 0. The molecule has 0 heterocycles. The summed E-state index contributed by atoms with van der Waals surface area (Å²) in [5, 5.41) is 9.28. The molecule has 7 nitrogen and oxygen atoms in total. The third-order valence-corrected chi connectivity index (χ3v) is 7.08. The van der Waals surface area contributed by atoms with Crippen LogP contribution in [0.4, 0.5) is 0 Å². The van der Waals surface area contributed by atoms with Gasteiger partial charge in [-0.1, -0.05) is 84.9 Å². The van der Waals surface area contributed by atoms with Gasteiger partial charge in [0.2, 0.25) is 0 Å². The molecule has 0 aliphatic carbocycles. The van der Waals surface area contributed by atoms with E-state index in [2.05, 4.69) is 0 Å². The molecule has 0 atom stereocenters. The molecule has 228 valence electrons. The number of hydrogen-bond donors (Lipinski definition) is 1. The van der Waals surface area contributed by atoms with Crippen LogP contribution in [0.1, 0.15) is 39.0 Å². The number of carbonyl (C=O) groups excluding carboxylic acids is 1. The smallest absolute Gasteiger partial charge is 0.305 e. The molecule has 0 aliphatic rings. The van der Waals surface area contributed by atoms with Gasteiger partial charge in [-0.2, -0.15) is 0 Å². The van der Waals surface area contributed by atoms with Gasteiger partial charge in [0, 0.05) is 18.7 Å². The molecule has 0 spiro atoms. The third-order valence-electron chi connectivity index (χ3n) is 7.08. The van der Waals surface area contributed by atoms with Crippen LogP contribution in [0.5, 0.6) is 17.2 Å². The van der Waals surface area contributed by atoms with E-state index in [1.54, 1.807) is 29.2 Å². The third kappa shape index (κ3) is 9.73. The second-order valence-corrected chi connectivity index (χ2v) is 10.5. The monoisotopic (exact) mass is 601 g/mol. The lowest BCUT2D eigenvalue weighted by Gasteiger charge is -2.22. The predicted molar refractivity (Wildman–Crippen MR) is 172 cm³/mol. The SMILES string of the molecule is O=C(O)CCN(Cc1ccc(OCc2ccccc2)cc1)C(=O)c1ccc(OCc2cccc(OCc3ccccc3)c2)cc1. The summed E-state index contributed by atoms with van der Waals surface area (Å²) in [5.74, 6) is 0.876. The molecular formula is C38H35NO6. The molecule has 0 saturated heterocycles. The number of carboxylic acid groups (broad SMARTS) is 1. The number of benzene rings is 5. The summed E-state index contributed by atoms with van der Waals surface area (Å²) in [6.45, 7) is 1.64. The van der Waals surface area contributed by atoms with Crippen molar-refractivity contribution >= 4 is 11.9 Å². The molecule has 5 aromatic carbocycles. The Morgan fingerprint density at radius 1 is 0.533 bits per heavy atom.